The molecule has 368 valence electrons. The second-order valence-corrected chi connectivity index (χ2v) is 22.1. The van der Waals surface area contributed by atoms with Crippen LogP contribution in [0.25, 0.3) is 31.3 Å². The molecule has 0 aliphatic heterocycles. The van der Waals surface area contributed by atoms with E-state index < -0.39 is 0 Å². The third-order valence-corrected chi connectivity index (χ3v) is 16.8. The predicted molar refractivity (Wildman–Crippen MR) is 329 cm³/mol. The number of rotatable bonds is 15. The van der Waals surface area contributed by atoms with E-state index in [4.69, 9.17) is 0 Å². The summed E-state index contributed by atoms with van der Waals surface area (Å²) in [6.45, 7) is 6.46. The minimum Gasteiger partial charge on any atom is -0.311 e. The molecule has 0 atom stereocenters. The standard InChI is InChI=1S/C69H54N4S3/c1-49-16-13-25-61(46-49)71(55-19-7-4-8-20-55)67-43-40-64(74-67)52-28-34-58(35-29-52)70(59-36-30-53(31-37-59)65-41-44-68(75-65)72(56-21-9-5-10-22-56)62-26-14-17-50(2)47-62)60-38-32-54(33-39-60)66-42-45-69(76-66)73(57-23-11-6-12-24-57)63-27-15-18-51(3)48-63/h4-48H,1-3H3. The number of hydrogen-bond donors (Lipinski definition) is 0. The second-order valence-electron chi connectivity index (χ2n) is 18.9. The molecule has 4 nitrogen and oxygen atoms in total. The van der Waals surface area contributed by atoms with E-state index in [1.807, 2.05) is 0 Å². The van der Waals surface area contributed by atoms with Gasteiger partial charge < -0.3 is 19.6 Å². The van der Waals surface area contributed by atoms with Crippen LogP contribution in [0.5, 0.6) is 0 Å². The van der Waals surface area contributed by atoms with Crippen molar-refractivity contribution in [2.24, 2.45) is 0 Å². The van der Waals surface area contributed by atoms with Crippen LogP contribution < -0.4 is 19.6 Å². The van der Waals surface area contributed by atoms with Crippen LogP contribution in [0, 0.1) is 20.8 Å². The molecule has 9 aromatic carbocycles. The normalized spacial score (nSPS) is 11.1. The first-order valence-electron chi connectivity index (χ1n) is 25.6. The molecule has 0 aliphatic rings. The van der Waals surface area contributed by atoms with E-state index >= 15 is 0 Å². The lowest BCUT2D eigenvalue weighted by Gasteiger charge is -2.26. The zero-order valence-electron chi connectivity index (χ0n) is 42.5. The van der Waals surface area contributed by atoms with Gasteiger partial charge in [0, 0.05) is 65.8 Å². The van der Waals surface area contributed by atoms with Gasteiger partial charge in [0.15, 0.2) is 0 Å². The highest BCUT2D eigenvalue weighted by atomic mass is 32.1. The predicted octanol–water partition coefficient (Wildman–Crippen LogP) is 21.7. The molecule has 7 heteroatoms. The molecule has 76 heavy (non-hydrogen) atoms. The highest BCUT2D eigenvalue weighted by Gasteiger charge is 2.21. The Balaban J connectivity index is 0.877. The van der Waals surface area contributed by atoms with Crippen molar-refractivity contribution >= 4 is 100 Å². The highest BCUT2D eigenvalue weighted by Crippen LogP contribution is 2.47. The van der Waals surface area contributed by atoms with Crippen LogP contribution in [-0.4, -0.2) is 0 Å². The smallest absolute Gasteiger partial charge is 0.101 e. The SMILES string of the molecule is Cc1cccc(N(c2ccccc2)c2ccc(-c3ccc(N(c4ccc(-c5ccc(N(c6ccccc6)c6cccc(C)c6)s5)cc4)c4ccc(-c5ccc(N(c6ccccc6)c6cccc(C)c6)s5)cc4)cc3)s2)c1. The first kappa shape index (κ1) is 48.2. The fourth-order valence-corrected chi connectivity index (χ4v) is 13.0. The first-order valence-corrected chi connectivity index (χ1v) is 28.0. The summed E-state index contributed by atoms with van der Waals surface area (Å²) in [7, 11) is 0. The van der Waals surface area contributed by atoms with Crippen LogP contribution in [-0.2, 0) is 0 Å². The number of anilines is 12. The van der Waals surface area contributed by atoms with Crippen molar-refractivity contribution in [1.29, 1.82) is 0 Å². The third kappa shape index (κ3) is 10.2. The Kier molecular flexibility index (Phi) is 13.7. The molecule has 0 amide bonds. The van der Waals surface area contributed by atoms with Crippen molar-refractivity contribution in [3.8, 4) is 31.3 Å². The molecular weight excluding hydrogens is 981 g/mol. The Hall–Kier alpha value is -8.72. The van der Waals surface area contributed by atoms with Gasteiger partial charge in [-0.05, 0) is 200 Å². The average molecular weight is 1040 g/mol. The van der Waals surface area contributed by atoms with Crippen molar-refractivity contribution in [3.05, 3.63) is 290 Å². The van der Waals surface area contributed by atoms with Gasteiger partial charge in [-0.1, -0.05) is 127 Å². The lowest BCUT2D eigenvalue weighted by Crippen LogP contribution is -2.09. The molecule has 0 radical (unpaired) electrons. The van der Waals surface area contributed by atoms with Crippen molar-refractivity contribution < 1.29 is 0 Å². The van der Waals surface area contributed by atoms with E-state index in [2.05, 4.69) is 313 Å². The summed E-state index contributed by atoms with van der Waals surface area (Å²) in [5.74, 6) is 0. The zero-order valence-corrected chi connectivity index (χ0v) is 44.9. The fourth-order valence-electron chi connectivity index (χ4n) is 9.82. The number of para-hydroxylation sites is 3. The van der Waals surface area contributed by atoms with Gasteiger partial charge in [-0.3, -0.25) is 0 Å². The number of hydrogen-bond acceptors (Lipinski definition) is 7. The largest absolute Gasteiger partial charge is 0.311 e. The summed E-state index contributed by atoms with van der Waals surface area (Å²) in [6, 6.07) is 98.8. The first-order chi connectivity index (χ1) is 37.4. The molecule has 0 unspecified atom stereocenters. The summed E-state index contributed by atoms with van der Waals surface area (Å²) < 4.78 is 0. The number of thiophene rings is 3. The van der Waals surface area contributed by atoms with E-state index in [1.54, 1.807) is 34.0 Å². The average Bonchev–Trinajstić information content (AvgIpc) is 4.28. The maximum Gasteiger partial charge on any atom is 0.101 e. The maximum absolute atomic E-state index is 2.37. The minimum absolute atomic E-state index is 1.08. The Morgan fingerprint density at radius 1 is 0.211 bits per heavy atom. The maximum atomic E-state index is 2.37. The second kappa shape index (κ2) is 21.6. The van der Waals surface area contributed by atoms with Crippen LogP contribution >= 0.6 is 34.0 Å². The van der Waals surface area contributed by atoms with Gasteiger partial charge in [0.25, 0.3) is 0 Å². The molecule has 0 fully saturated rings. The Labute approximate surface area is 458 Å². The summed E-state index contributed by atoms with van der Waals surface area (Å²) in [5, 5.41) is 3.50. The molecule has 0 saturated heterocycles. The Bertz CT molecular complexity index is 3460. The summed E-state index contributed by atoms with van der Waals surface area (Å²) in [5.41, 5.74) is 17.3. The third-order valence-electron chi connectivity index (χ3n) is 13.5. The molecule has 0 N–H and O–H groups in total. The lowest BCUT2D eigenvalue weighted by atomic mass is 10.1. The van der Waals surface area contributed by atoms with Gasteiger partial charge in [0.05, 0.1) is 0 Å². The molecule has 3 aromatic heterocycles. The van der Waals surface area contributed by atoms with Gasteiger partial charge in [0.2, 0.25) is 0 Å². The van der Waals surface area contributed by atoms with Crippen LogP contribution in [0.3, 0.4) is 0 Å². The Morgan fingerprint density at radius 2 is 0.461 bits per heavy atom. The van der Waals surface area contributed by atoms with Crippen LogP contribution in [0.15, 0.2) is 273 Å². The minimum atomic E-state index is 1.08. The van der Waals surface area contributed by atoms with E-state index in [0.717, 1.165) is 51.2 Å². The molecule has 0 aliphatic carbocycles. The van der Waals surface area contributed by atoms with Gasteiger partial charge in [-0.25, -0.2) is 0 Å². The molecule has 3 heterocycles. The van der Waals surface area contributed by atoms with Crippen molar-refractivity contribution in [2.45, 2.75) is 20.8 Å². The van der Waals surface area contributed by atoms with Gasteiger partial charge >= 0.3 is 0 Å². The van der Waals surface area contributed by atoms with Crippen molar-refractivity contribution in [1.82, 2.24) is 0 Å². The summed E-state index contributed by atoms with van der Waals surface area (Å²) in [6.07, 6.45) is 0. The van der Waals surface area contributed by atoms with Gasteiger partial charge in [-0.15, -0.1) is 34.0 Å². The van der Waals surface area contributed by atoms with E-state index in [1.165, 1.54) is 63.0 Å². The molecule has 0 bridgehead atoms. The number of aryl methyl sites for hydroxylation is 3. The van der Waals surface area contributed by atoms with Gasteiger partial charge in [0.1, 0.15) is 15.0 Å². The summed E-state index contributed by atoms with van der Waals surface area (Å²) >= 11 is 5.42. The van der Waals surface area contributed by atoms with E-state index in [0.29, 0.717) is 0 Å². The zero-order chi connectivity index (χ0) is 51.4. The van der Waals surface area contributed by atoms with E-state index in [9.17, 15) is 0 Å². The van der Waals surface area contributed by atoms with Crippen LogP contribution in [0.1, 0.15) is 16.7 Å². The molecular formula is C69H54N4S3. The molecule has 0 spiro atoms. The monoisotopic (exact) mass is 1030 g/mol. The lowest BCUT2D eigenvalue weighted by molar-refractivity contribution is 1.28. The topological polar surface area (TPSA) is 13.0 Å². The van der Waals surface area contributed by atoms with E-state index in [-0.39, 0.29) is 0 Å². The number of benzene rings is 9. The number of nitrogens with zero attached hydrogens (tertiary/aromatic N) is 4. The molecule has 12 aromatic rings. The van der Waals surface area contributed by atoms with Crippen LogP contribution in [0.2, 0.25) is 0 Å². The van der Waals surface area contributed by atoms with Crippen molar-refractivity contribution in [3.63, 3.8) is 0 Å². The highest BCUT2D eigenvalue weighted by molar-refractivity contribution is 7.20. The molecule has 0 saturated carbocycles. The Morgan fingerprint density at radius 3 is 0.724 bits per heavy atom. The van der Waals surface area contributed by atoms with Crippen LogP contribution in [0.4, 0.5) is 66.2 Å². The van der Waals surface area contributed by atoms with Crippen molar-refractivity contribution in [2.75, 3.05) is 19.6 Å². The fraction of sp³-hybridized carbons (Fsp3) is 0.0435. The van der Waals surface area contributed by atoms with Gasteiger partial charge in [-0.2, -0.15) is 0 Å². The summed E-state index contributed by atoms with van der Waals surface area (Å²) in [4.78, 5) is 13.1. The molecule has 12 rings (SSSR count). The quantitative estimate of drug-likeness (QED) is 0.101.